The second-order valence-electron chi connectivity index (χ2n) is 5.23. The van der Waals surface area contributed by atoms with Crippen LogP contribution in [-0.4, -0.2) is 22.5 Å². The van der Waals surface area contributed by atoms with Crippen molar-refractivity contribution in [3.63, 3.8) is 0 Å². The monoisotopic (exact) mass is 262 g/mol. The number of nitrogens with two attached hydrogens (primary N) is 1. The molecule has 102 valence electrons. The molecule has 0 aliphatic heterocycles. The van der Waals surface area contributed by atoms with E-state index in [2.05, 4.69) is 5.32 Å². The molecule has 1 saturated carbocycles. The molecule has 1 aromatic rings. The Bertz CT molecular complexity index is 548. The summed E-state index contributed by atoms with van der Waals surface area (Å²) in [4.78, 5) is 23.1. The minimum Gasteiger partial charge on any atom is -0.478 e. The van der Waals surface area contributed by atoms with Gasteiger partial charge >= 0.3 is 5.97 Å². The largest absolute Gasteiger partial charge is 0.478 e. The second kappa shape index (κ2) is 4.66. The molecule has 0 radical (unpaired) electrons. The van der Waals surface area contributed by atoms with Crippen LogP contribution in [0.3, 0.4) is 0 Å². The van der Waals surface area contributed by atoms with Crippen LogP contribution in [0.4, 0.5) is 5.69 Å². The van der Waals surface area contributed by atoms with E-state index in [0.29, 0.717) is 24.1 Å². The minimum atomic E-state index is -0.997. The van der Waals surface area contributed by atoms with Gasteiger partial charge in [-0.05, 0) is 56.4 Å². The first-order chi connectivity index (χ1) is 8.83. The molecule has 19 heavy (non-hydrogen) atoms. The molecular formula is C14H18N2O3. The standard InChI is InChI=1S/C14H18N2O3/c1-8-6-10(7-11(9(8)2)12(17)18)16-13(19)14(15)4-3-5-14/h6-7H,3-5,15H2,1-2H3,(H,16,19)(H,17,18). The zero-order valence-corrected chi connectivity index (χ0v) is 11.1. The third kappa shape index (κ3) is 2.46. The van der Waals surface area contributed by atoms with E-state index in [-0.39, 0.29) is 11.5 Å². The van der Waals surface area contributed by atoms with Gasteiger partial charge in [-0.2, -0.15) is 0 Å². The van der Waals surface area contributed by atoms with Crippen molar-refractivity contribution in [3.8, 4) is 0 Å². The van der Waals surface area contributed by atoms with Gasteiger partial charge in [-0.25, -0.2) is 4.79 Å². The predicted octanol–water partition coefficient (Wildman–Crippen LogP) is 1.82. The van der Waals surface area contributed by atoms with Gasteiger partial charge in [0, 0.05) is 5.69 Å². The fraction of sp³-hybridized carbons (Fsp3) is 0.429. The van der Waals surface area contributed by atoms with Crippen molar-refractivity contribution in [1.29, 1.82) is 0 Å². The lowest BCUT2D eigenvalue weighted by molar-refractivity contribution is -0.123. The molecule has 0 saturated heterocycles. The maximum Gasteiger partial charge on any atom is 0.336 e. The molecule has 0 bridgehead atoms. The van der Waals surface area contributed by atoms with Crippen LogP contribution in [0.1, 0.15) is 40.7 Å². The van der Waals surface area contributed by atoms with Crippen LogP contribution in [0.5, 0.6) is 0 Å². The lowest BCUT2D eigenvalue weighted by atomic mass is 9.77. The third-order valence-corrected chi connectivity index (χ3v) is 3.85. The van der Waals surface area contributed by atoms with Crippen molar-refractivity contribution in [2.75, 3.05) is 5.32 Å². The average Bonchev–Trinajstić information content (AvgIpc) is 2.29. The Balaban J connectivity index is 2.26. The number of carbonyl (C=O) groups is 2. The smallest absolute Gasteiger partial charge is 0.336 e. The van der Waals surface area contributed by atoms with E-state index < -0.39 is 11.5 Å². The van der Waals surface area contributed by atoms with Crippen LogP contribution in [0.25, 0.3) is 0 Å². The second-order valence-corrected chi connectivity index (χ2v) is 5.23. The van der Waals surface area contributed by atoms with Crippen molar-refractivity contribution in [1.82, 2.24) is 0 Å². The molecule has 1 amide bonds. The van der Waals surface area contributed by atoms with Gasteiger partial charge in [-0.3, -0.25) is 4.79 Å². The summed E-state index contributed by atoms with van der Waals surface area (Å²) in [5.74, 6) is -1.24. The summed E-state index contributed by atoms with van der Waals surface area (Å²) < 4.78 is 0. The molecule has 5 nitrogen and oxygen atoms in total. The molecule has 0 heterocycles. The zero-order chi connectivity index (χ0) is 14.2. The van der Waals surface area contributed by atoms with E-state index in [1.807, 2.05) is 6.92 Å². The quantitative estimate of drug-likeness (QED) is 0.774. The van der Waals surface area contributed by atoms with Gasteiger partial charge in [0.05, 0.1) is 11.1 Å². The highest BCUT2D eigenvalue weighted by Crippen LogP contribution is 2.30. The normalized spacial score (nSPS) is 16.6. The summed E-state index contributed by atoms with van der Waals surface area (Å²) in [5.41, 5.74) is 7.37. The number of nitrogens with one attached hydrogen (secondary N) is 1. The number of aryl methyl sites for hydroxylation is 1. The SMILES string of the molecule is Cc1cc(NC(=O)C2(N)CCC2)cc(C(=O)O)c1C. The maximum atomic E-state index is 12.0. The van der Waals surface area contributed by atoms with E-state index in [9.17, 15) is 9.59 Å². The van der Waals surface area contributed by atoms with E-state index in [0.717, 1.165) is 12.0 Å². The van der Waals surface area contributed by atoms with Gasteiger partial charge in [0.25, 0.3) is 0 Å². The summed E-state index contributed by atoms with van der Waals surface area (Å²) in [6.45, 7) is 3.57. The molecular weight excluding hydrogens is 244 g/mol. The topological polar surface area (TPSA) is 92.4 Å². The van der Waals surface area contributed by atoms with E-state index in [1.54, 1.807) is 13.0 Å². The number of hydrogen-bond acceptors (Lipinski definition) is 3. The number of aromatic carboxylic acids is 1. The Hall–Kier alpha value is -1.88. The highest BCUT2D eigenvalue weighted by Gasteiger charge is 2.40. The summed E-state index contributed by atoms with van der Waals surface area (Å²) >= 11 is 0. The van der Waals surface area contributed by atoms with E-state index >= 15 is 0 Å². The van der Waals surface area contributed by atoms with Crippen LogP contribution in [0, 0.1) is 13.8 Å². The number of hydrogen-bond donors (Lipinski definition) is 3. The number of rotatable bonds is 3. The summed E-state index contributed by atoms with van der Waals surface area (Å²) in [7, 11) is 0. The van der Waals surface area contributed by atoms with Gasteiger partial charge in [0.2, 0.25) is 5.91 Å². The van der Waals surface area contributed by atoms with Crippen molar-refractivity contribution >= 4 is 17.6 Å². The van der Waals surface area contributed by atoms with Crippen molar-refractivity contribution in [3.05, 3.63) is 28.8 Å². The Labute approximate surface area is 111 Å². The highest BCUT2D eigenvalue weighted by atomic mass is 16.4. The van der Waals surface area contributed by atoms with Gasteiger partial charge in [0.1, 0.15) is 0 Å². The van der Waals surface area contributed by atoms with Crippen molar-refractivity contribution < 1.29 is 14.7 Å². The molecule has 0 unspecified atom stereocenters. The Morgan fingerprint density at radius 3 is 2.42 bits per heavy atom. The van der Waals surface area contributed by atoms with Crippen LogP contribution < -0.4 is 11.1 Å². The highest BCUT2D eigenvalue weighted by molar-refractivity contribution is 6.00. The lowest BCUT2D eigenvalue weighted by Gasteiger charge is -2.36. The fourth-order valence-electron chi connectivity index (χ4n) is 2.19. The van der Waals surface area contributed by atoms with E-state index in [1.165, 1.54) is 6.07 Å². The summed E-state index contributed by atoms with van der Waals surface area (Å²) in [6.07, 6.45) is 2.31. The summed E-state index contributed by atoms with van der Waals surface area (Å²) in [6, 6.07) is 3.24. The lowest BCUT2D eigenvalue weighted by Crippen LogP contribution is -2.56. The molecule has 1 aromatic carbocycles. The molecule has 1 aliphatic carbocycles. The molecule has 0 aromatic heterocycles. The molecule has 0 atom stereocenters. The maximum absolute atomic E-state index is 12.0. The molecule has 2 rings (SSSR count). The number of anilines is 1. The Morgan fingerprint density at radius 1 is 1.32 bits per heavy atom. The zero-order valence-electron chi connectivity index (χ0n) is 11.1. The first-order valence-corrected chi connectivity index (χ1v) is 6.28. The van der Waals surface area contributed by atoms with Crippen LogP contribution in [-0.2, 0) is 4.79 Å². The first kappa shape index (κ1) is 13.5. The van der Waals surface area contributed by atoms with Crippen LogP contribution in [0.15, 0.2) is 12.1 Å². The van der Waals surface area contributed by atoms with Crippen LogP contribution in [0.2, 0.25) is 0 Å². The Morgan fingerprint density at radius 2 is 1.95 bits per heavy atom. The molecule has 0 spiro atoms. The fourth-order valence-corrected chi connectivity index (χ4v) is 2.19. The average molecular weight is 262 g/mol. The van der Waals surface area contributed by atoms with Gasteiger partial charge < -0.3 is 16.2 Å². The van der Waals surface area contributed by atoms with Gasteiger partial charge in [-0.15, -0.1) is 0 Å². The first-order valence-electron chi connectivity index (χ1n) is 6.28. The number of benzene rings is 1. The molecule has 1 fully saturated rings. The van der Waals surface area contributed by atoms with Crippen LogP contribution >= 0.6 is 0 Å². The number of carboxylic acid groups (broad SMARTS) is 1. The van der Waals surface area contributed by atoms with Gasteiger partial charge in [0.15, 0.2) is 0 Å². The molecule has 4 N–H and O–H groups in total. The summed E-state index contributed by atoms with van der Waals surface area (Å²) in [5, 5.41) is 11.8. The van der Waals surface area contributed by atoms with Crippen molar-refractivity contribution in [2.24, 2.45) is 5.73 Å². The minimum absolute atomic E-state index is 0.204. The number of carboxylic acids is 1. The van der Waals surface area contributed by atoms with E-state index in [4.69, 9.17) is 10.8 Å². The predicted molar refractivity (Wildman–Crippen MR) is 72.3 cm³/mol. The van der Waals surface area contributed by atoms with Gasteiger partial charge in [-0.1, -0.05) is 0 Å². The third-order valence-electron chi connectivity index (χ3n) is 3.85. The molecule has 5 heteroatoms. The Kier molecular flexibility index (Phi) is 3.32. The number of carbonyl (C=O) groups excluding carboxylic acids is 1. The number of amides is 1. The molecule has 1 aliphatic rings. The van der Waals surface area contributed by atoms with Crippen molar-refractivity contribution in [2.45, 2.75) is 38.6 Å².